The van der Waals surface area contributed by atoms with Crippen molar-refractivity contribution in [3.8, 4) is 0 Å². The van der Waals surface area contributed by atoms with Crippen molar-refractivity contribution in [2.24, 2.45) is 4.99 Å². The van der Waals surface area contributed by atoms with Gasteiger partial charge >= 0.3 is 0 Å². The van der Waals surface area contributed by atoms with Crippen LogP contribution < -0.4 is 4.90 Å². The topological polar surface area (TPSA) is 33.4 Å². The summed E-state index contributed by atoms with van der Waals surface area (Å²) in [5.41, 5.74) is 2.26. The fourth-order valence-corrected chi connectivity index (χ4v) is 3.54. The summed E-state index contributed by atoms with van der Waals surface area (Å²) in [6.45, 7) is 2.43. The van der Waals surface area contributed by atoms with E-state index in [0.717, 1.165) is 36.2 Å². The first kappa shape index (κ1) is 15.9. The number of nitrogens with zero attached hydrogens (tertiary/aromatic N) is 4. The second kappa shape index (κ2) is 7.11. The summed E-state index contributed by atoms with van der Waals surface area (Å²) in [5, 5.41) is 0.756. The van der Waals surface area contributed by atoms with Crippen molar-refractivity contribution >= 4 is 23.1 Å². The number of para-hydroxylation sites is 1. The van der Waals surface area contributed by atoms with Crippen LogP contribution in [0.3, 0.4) is 0 Å². The molecule has 5 heteroatoms. The molecule has 0 aliphatic carbocycles. The van der Waals surface area contributed by atoms with Crippen LogP contribution in [0.15, 0.2) is 78.3 Å². The highest BCUT2D eigenvalue weighted by molar-refractivity contribution is 6.34. The molecule has 0 N–H and O–H groups in total. The molecular formula is C20H19ClN4. The quantitative estimate of drug-likeness (QED) is 0.689. The molecule has 2 heterocycles. The molecule has 0 bridgehead atoms. The van der Waals surface area contributed by atoms with E-state index in [1.54, 1.807) is 0 Å². The van der Waals surface area contributed by atoms with Gasteiger partial charge in [0.25, 0.3) is 0 Å². The molecule has 25 heavy (non-hydrogen) atoms. The molecule has 1 aromatic heterocycles. The largest absolute Gasteiger partial charge is 0.336 e. The van der Waals surface area contributed by atoms with Gasteiger partial charge in [-0.05, 0) is 17.7 Å². The molecule has 0 fully saturated rings. The van der Waals surface area contributed by atoms with Crippen molar-refractivity contribution in [1.29, 1.82) is 0 Å². The number of rotatable bonds is 5. The van der Waals surface area contributed by atoms with E-state index in [4.69, 9.17) is 16.6 Å². The van der Waals surface area contributed by atoms with Gasteiger partial charge in [-0.15, -0.1) is 0 Å². The molecule has 0 amide bonds. The van der Waals surface area contributed by atoms with Crippen LogP contribution in [0.2, 0.25) is 5.02 Å². The third-order valence-electron chi connectivity index (χ3n) is 4.48. The number of imidazole rings is 1. The zero-order chi connectivity index (χ0) is 17.1. The second-order valence-electron chi connectivity index (χ2n) is 6.07. The first-order valence-corrected chi connectivity index (χ1v) is 8.78. The molecule has 1 aliphatic rings. The lowest BCUT2D eigenvalue weighted by molar-refractivity contribution is 0.654. The Kier molecular flexibility index (Phi) is 4.53. The Labute approximate surface area is 152 Å². The maximum atomic E-state index is 6.45. The highest BCUT2D eigenvalue weighted by Crippen LogP contribution is 2.32. The van der Waals surface area contributed by atoms with E-state index in [9.17, 15) is 0 Å². The van der Waals surface area contributed by atoms with Crippen molar-refractivity contribution in [2.75, 3.05) is 18.0 Å². The van der Waals surface area contributed by atoms with Crippen molar-refractivity contribution in [3.63, 3.8) is 0 Å². The first-order chi connectivity index (χ1) is 12.3. The summed E-state index contributed by atoms with van der Waals surface area (Å²) >= 11 is 6.45. The van der Waals surface area contributed by atoms with E-state index < -0.39 is 0 Å². The lowest BCUT2D eigenvalue weighted by Crippen LogP contribution is -2.34. The van der Waals surface area contributed by atoms with Gasteiger partial charge in [-0.1, -0.05) is 54.1 Å². The fraction of sp³-hybridized carbons (Fsp3) is 0.200. The number of anilines is 1. The predicted molar refractivity (Wildman–Crippen MR) is 103 cm³/mol. The number of hydrogen-bond donors (Lipinski definition) is 0. The van der Waals surface area contributed by atoms with Gasteiger partial charge < -0.3 is 9.47 Å². The normalized spacial score (nSPS) is 15.2. The minimum absolute atomic E-state index is 0.147. The summed E-state index contributed by atoms with van der Waals surface area (Å²) in [6, 6.07) is 18.5. The van der Waals surface area contributed by atoms with Crippen LogP contribution in [0.25, 0.3) is 0 Å². The molecule has 126 valence electrons. The smallest absolute Gasteiger partial charge is 0.113 e. The molecule has 1 aliphatic heterocycles. The molecule has 4 nitrogen and oxygen atoms in total. The van der Waals surface area contributed by atoms with E-state index in [0.29, 0.717) is 0 Å². The van der Waals surface area contributed by atoms with Gasteiger partial charge in [0.1, 0.15) is 5.84 Å². The number of benzene rings is 2. The van der Waals surface area contributed by atoms with Crippen molar-refractivity contribution in [2.45, 2.75) is 12.5 Å². The van der Waals surface area contributed by atoms with Crippen LogP contribution in [0.1, 0.15) is 11.5 Å². The van der Waals surface area contributed by atoms with Crippen LogP contribution in [-0.2, 0) is 6.54 Å². The molecular weight excluding hydrogens is 332 g/mol. The Bertz CT molecular complexity index is 858. The van der Waals surface area contributed by atoms with Gasteiger partial charge in [0.05, 0.1) is 29.5 Å². The van der Waals surface area contributed by atoms with E-state index in [2.05, 4.69) is 44.8 Å². The number of aliphatic imine (C=N–C) groups is 1. The van der Waals surface area contributed by atoms with Crippen molar-refractivity contribution in [1.82, 2.24) is 9.55 Å². The zero-order valence-electron chi connectivity index (χ0n) is 13.8. The van der Waals surface area contributed by atoms with Gasteiger partial charge in [0, 0.05) is 25.5 Å². The molecule has 0 spiro atoms. The molecule has 1 unspecified atom stereocenters. The van der Waals surface area contributed by atoms with Crippen LogP contribution in [-0.4, -0.2) is 28.5 Å². The summed E-state index contributed by atoms with van der Waals surface area (Å²) < 4.78 is 2.10. The van der Waals surface area contributed by atoms with Crippen LogP contribution in [0, 0.1) is 0 Å². The summed E-state index contributed by atoms with van der Waals surface area (Å²) in [7, 11) is 0. The third-order valence-corrected chi connectivity index (χ3v) is 4.80. The van der Waals surface area contributed by atoms with Gasteiger partial charge in [-0.25, -0.2) is 4.98 Å². The van der Waals surface area contributed by atoms with E-state index in [1.807, 2.05) is 43.0 Å². The van der Waals surface area contributed by atoms with Gasteiger partial charge in [0.2, 0.25) is 0 Å². The second-order valence-corrected chi connectivity index (χ2v) is 6.47. The highest BCUT2D eigenvalue weighted by atomic mass is 35.5. The maximum Gasteiger partial charge on any atom is 0.113 e. The minimum atomic E-state index is 0.147. The van der Waals surface area contributed by atoms with E-state index in [1.165, 1.54) is 5.56 Å². The molecule has 0 saturated heterocycles. The van der Waals surface area contributed by atoms with E-state index >= 15 is 0 Å². The van der Waals surface area contributed by atoms with Crippen LogP contribution in [0.5, 0.6) is 0 Å². The Balaban J connectivity index is 1.72. The first-order valence-electron chi connectivity index (χ1n) is 8.40. The van der Waals surface area contributed by atoms with Crippen LogP contribution in [0.4, 0.5) is 5.69 Å². The average molecular weight is 351 g/mol. The molecule has 1 atom stereocenters. The van der Waals surface area contributed by atoms with Gasteiger partial charge in [0.15, 0.2) is 0 Å². The third kappa shape index (κ3) is 3.30. The number of hydrogen-bond acceptors (Lipinski definition) is 3. The van der Waals surface area contributed by atoms with Crippen molar-refractivity contribution < 1.29 is 0 Å². The SMILES string of the molecule is Clc1ccccc1N1CCN=C1C(Cn1ccnc1)c1ccccc1. The zero-order valence-corrected chi connectivity index (χ0v) is 14.5. The highest BCUT2D eigenvalue weighted by Gasteiger charge is 2.29. The molecule has 2 aromatic carbocycles. The van der Waals surface area contributed by atoms with E-state index in [-0.39, 0.29) is 5.92 Å². The number of aromatic nitrogens is 2. The monoisotopic (exact) mass is 350 g/mol. The summed E-state index contributed by atoms with van der Waals surface area (Å²) in [5.74, 6) is 1.21. The fourth-order valence-electron chi connectivity index (χ4n) is 3.30. The van der Waals surface area contributed by atoms with Crippen molar-refractivity contribution in [3.05, 3.63) is 83.9 Å². The van der Waals surface area contributed by atoms with Gasteiger partial charge in [-0.3, -0.25) is 4.99 Å². The lowest BCUT2D eigenvalue weighted by Gasteiger charge is -2.28. The molecule has 3 aromatic rings. The molecule has 4 rings (SSSR count). The Morgan fingerprint density at radius 1 is 1.04 bits per heavy atom. The Morgan fingerprint density at radius 3 is 2.60 bits per heavy atom. The standard InChI is InChI=1S/C20H19ClN4/c21-18-8-4-5-9-19(18)25-13-11-23-20(25)17(14-24-12-10-22-15-24)16-6-2-1-3-7-16/h1-10,12,15,17H,11,13-14H2. The Hall–Kier alpha value is -2.59. The molecule has 0 saturated carbocycles. The molecule has 0 radical (unpaired) electrons. The summed E-state index contributed by atoms with van der Waals surface area (Å²) in [4.78, 5) is 11.3. The number of halogens is 1. The predicted octanol–water partition coefficient (Wildman–Crippen LogP) is 4.24. The average Bonchev–Trinajstić information content (AvgIpc) is 3.33. The Morgan fingerprint density at radius 2 is 1.84 bits per heavy atom. The minimum Gasteiger partial charge on any atom is -0.336 e. The van der Waals surface area contributed by atoms with Gasteiger partial charge in [-0.2, -0.15) is 0 Å². The van der Waals surface area contributed by atoms with Crippen LogP contribution >= 0.6 is 11.6 Å². The lowest BCUT2D eigenvalue weighted by atomic mass is 9.96. The summed E-state index contributed by atoms with van der Waals surface area (Å²) in [6.07, 6.45) is 5.65. The maximum absolute atomic E-state index is 6.45. The number of amidine groups is 1.